The largest absolute Gasteiger partial charge is 0.477 e. The zero-order chi connectivity index (χ0) is 17.0. The minimum atomic E-state index is -1.13. The zero-order valence-corrected chi connectivity index (χ0v) is 13.1. The number of carboxylic acid groups (broad SMARTS) is 1. The molecule has 1 unspecified atom stereocenters. The number of aliphatic hydroxyl groups is 1. The summed E-state index contributed by atoms with van der Waals surface area (Å²) in [5.74, 6) is -2.68. The molecule has 3 aliphatic heterocycles. The van der Waals surface area contributed by atoms with E-state index in [0.29, 0.717) is 25.2 Å². The number of rotatable bonds is 5. The Morgan fingerprint density at radius 3 is 2.48 bits per heavy atom. The van der Waals surface area contributed by atoms with Crippen molar-refractivity contribution in [2.75, 3.05) is 19.6 Å². The van der Waals surface area contributed by atoms with Crippen molar-refractivity contribution < 1.29 is 24.6 Å². The van der Waals surface area contributed by atoms with Crippen molar-refractivity contribution in [3.8, 4) is 0 Å². The Morgan fingerprint density at radius 1 is 1.39 bits per heavy atom. The highest BCUT2D eigenvalue weighted by atomic mass is 16.4. The van der Waals surface area contributed by atoms with Crippen LogP contribution in [0.25, 0.3) is 0 Å². The van der Waals surface area contributed by atoms with Gasteiger partial charge < -0.3 is 20.8 Å². The van der Waals surface area contributed by atoms with E-state index in [9.17, 15) is 24.6 Å². The number of hydrogen-bond donors (Lipinski definition) is 3. The topological polar surface area (TPSA) is 124 Å². The molecule has 0 aromatic heterocycles. The van der Waals surface area contributed by atoms with Crippen LogP contribution < -0.4 is 5.73 Å². The van der Waals surface area contributed by atoms with Gasteiger partial charge in [-0.15, -0.1) is 0 Å². The third-order valence-corrected chi connectivity index (χ3v) is 5.27. The van der Waals surface area contributed by atoms with E-state index < -0.39 is 18.0 Å². The quantitative estimate of drug-likeness (QED) is 0.535. The van der Waals surface area contributed by atoms with Crippen LogP contribution in [0.4, 0.5) is 0 Å². The maximum Gasteiger partial charge on any atom is 0.352 e. The minimum Gasteiger partial charge on any atom is -0.477 e. The van der Waals surface area contributed by atoms with Gasteiger partial charge in [0.15, 0.2) is 0 Å². The molecule has 2 fully saturated rings. The molecule has 2 saturated heterocycles. The molecule has 3 aliphatic rings. The van der Waals surface area contributed by atoms with E-state index in [2.05, 4.69) is 0 Å². The normalized spacial score (nSPS) is 32.4. The SMILES string of the molecule is C[C@@H](O)C1C(=O)N2C(C(=O)O)=C(CN3CC(C(N)=O)C3)[C@H](C)[C@H]12. The average Bonchev–Trinajstić information content (AvgIpc) is 2.62. The lowest BCUT2D eigenvalue weighted by Gasteiger charge is -2.46. The molecule has 23 heavy (non-hydrogen) atoms. The van der Waals surface area contributed by atoms with Crippen molar-refractivity contribution in [1.29, 1.82) is 0 Å². The first-order valence-corrected chi connectivity index (χ1v) is 7.73. The fourth-order valence-electron chi connectivity index (χ4n) is 3.97. The molecule has 0 bridgehead atoms. The molecule has 126 valence electrons. The monoisotopic (exact) mass is 323 g/mol. The lowest BCUT2D eigenvalue weighted by molar-refractivity contribution is -0.163. The van der Waals surface area contributed by atoms with E-state index in [0.717, 1.165) is 0 Å². The van der Waals surface area contributed by atoms with Crippen LogP contribution in [0.5, 0.6) is 0 Å². The number of β-lactam (4-membered cyclic amide) rings is 1. The maximum absolute atomic E-state index is 12.2. The summed E-state index contributed by atoms with van der Waals surface area (Å²) < 4.78 is 0. The standard InChI is InChI=1S/C15H21N3O5/c1-6-9(5-17-3-8(4-17)13(16)20)12(15(22)23)18-11(6)10(7(2)19)14(18)21/h6-8,10-11,19H,3-5H2,1-2H3,(H2,16,20)(H,22,23)/t6-,7+,10?,11+/m0/s1. The van der Waals surface area contributed by atoms with Crippen molar-refractivity contribution in [1.82, 2.24) is 9.80 Å². The second-order valence-electron chi connectivity index (χ2n) is 6.73. The van der Waals surface area contributed by atoms with Crippen LogP contribution >= 0.6 is 0 Å². The molecule has 0 aliphatic carbocycles. The van der Waals surface area contributed by atoms with Crippen LogP contribution in [-0.2, 0) is 14.4 Å². The zero-order valence-electron chi connectivity index (χ0n) is 13.1. The van der Waals surface area contributed by atoms with Gasteiger partial charge in [0.2, 0.25) is 11.8 Å². The van der Waals surface area contributed by atoms with E-state index in [1.54, 1.807) is 6.92 Å². The predicted molar refractivity (Wildman–Crippen MR) is 78.8 cm³/mol. The summed E-state index contributed by atoms with van der Waals surface area (Å²) in [6.07, 6.45) is -0.802. The average molecular weight is 323 g/mol. The van der Waals surface area contributed by atoms with Crippen molar-refractivity contribution in [2.45, 2.75) is 26.0 Å². The number of carboxylic acids is 1. The molecule has 0 spiro atoms. The number of nitrogens with zero attached hydrogens (tertiary/aromatic N) is 2. The van der Waals surface area contributed by atoms with Crippen LogP contribution in [0, 0.1) is 17.8 Å². The summed E-state index contributed by atoms with van der Waals surface area (Å²) >= 11 is 0. The summed E-state index contributed by atoms with van der Waals surface area (Å²) in [5.41, 5.74) is 5.96. The lowest BCUT2D eigenvalue weighted by Crippen LogP contribution is -2.63. The highest BCUT2D eigenvalue weighted by Gasteiger charge is 2.59. The molecule has 0 saturated carbocycles. The maximum atomic E-state index is 12.2. The number of fused-ring (bicyclic) bond motifs is 1. The Bertz CT molecular complexity index is 608. The van der Waals surface area contributed by atoms with Crippen molar-refractivity contribution in [3.63, 3.8) is 0 Å². The number of primary amides is 1. The summed E-state index contributed by atoms with van der Waals surface area (Å²) in [6, 6.07) is -0.295. The molecule has 4 N–H and O–H groups in total. The van der Waals surface area contributed by atoms with Gasteiger partial charge in [0.05, 0.1) is 24.0 Å². The summed E-state index contributed by atoms with van der Waals surface area (Å²) in [7, 11) is 0. The molecule has 8 nitrogen and oxygen atoms in total. The van der Waals surface area contributed by atoms with E-state index >= 15 is 0 Å². The Balaban J connectivity index is 1.80. The number of carbonyl (C=O) groups excluding carboxylic acids is 2. The van der Waals surface area contributed by atoms with Gasteiger partial charge in [-0.1, -0.05) is 6.92 Å². The van der Waals surface area contributed by atoms with Gasteiger partial charge in [-0.05, 0) is 12.5 Å². The number of carbonyl (C=O) groups is 3. The van der Waals surface area contributed by atoms with Gasteiger partial charge in [-0.25, -0.2) is 4.79 Å². The van der Waals surface area contributed by atoms with Gasteiger partial charge >= 0.3 is 5.97 Å². The van der Waals surface area contributed by atoms with Gasteiger partial charge in [0, 0.05) is 25.6 Å². The Morgan fingerprint density at radius 2 is 2.00 bits per heavy atom. The molecule has 2 amide bonds. The molecule has 0 aromatic carbocycles. The third-order valence-electron chi connectivity index (χ3n) is 5.27. The molecular formula is C15H21N3O5. The highest BCUT2D eigenvalue weighted by Crippen LogP contribution is 2.47. The van der Waals surface area contributed by atoms with Crippen LogP contribution in [0.2, 0.25) is 0 Å². The highest BCUT2D eigenvalue weighted by molar-refractivity contribution is 6.00. The van der Waals surface area contributed by atoms with Crippen molar-refractivity contribution >= 4 is 17.8 Å². The molecule has 3 rings (SSSR count). The van der Waals surface area contributed by atoms with E-state index in [1.807, 2.05) is 11.8 Å². The van der Waals surface area contributed by atoms with E-state index in [-0.39, 0.29) is 35.4 Å². The molecule has 3 heterocycles. The predicted octanol–water partition coefficient (Wildman–Crippen LogP) is -1.40. The molecule has 8 heteroatoms. The second kappa shape index (κ2) is 5.31. The Labute approximate surface area is 133 Å². The van der Waals surface area contributed by atoms with Gasteiger partial charge in [-0.2, -0.15) is 0 Å². The van der Waals surface area contributed by atoms with Gasteiger partial charge in [-0.3, -0.25) is 14.5 Å². The summed E-state index contributed by atoms with van der Waals surface area (Å²) in [6.45, 7) is 4.86. The lowest BCUT2D eigenvalue weighted by atomic mass is 9.77. The number of aliphatic carboxylic acids is 1. The van der Waals surface area contributed by atoms with Gasteiger partial charge in [0.1, 0.15) is 5.70 Å². The number of aliphatic hydroxyl groups excluding tert-OH is 1. The third kappa shape index (κ3) is 2.24. The number of nitrogens with two attached hydrogens (primary N) is 1. The minimum absolute atomic E-state index is 0.0342. The fourth-order valence-corrected chi connectivity index (χ4v) is 3.97. The van der Waals surface area contributed by atoms with Crippen LogP contribution in [0.15, 0.2) is 11.3 Å². The number of likely N-dealkylation sites (tertiary alicyclic amines) is 1. The van der Waals surface area contributed by atoms with Crippen molar-refractivity contribution in [3.05, 3.63) is 11.3 Å². The molecule has 0 aromatic rings. The fraction of sp³-hybridized carbons (Fsp3) is 0.667. The van der Waals surface area contributed by atoms with E-state index in [1.165, 1.54) is 4.90 Å². The second-order valence-corrected chi connectivity index (χ2v) is 6.73. The first-order valence-electron chi connectivity index (χ1n) is 7.73. The number of amides is 2. The first kappa shape index (κ1) is 15.9. The van der Waals surface area contributed by atoms with Crippen LogP contribution in [0.3, 0.4) is 0 Å². The molecule has 0 radical (unpaired) electrons. The molecular weight excluding hydrogens is 302 g/mol. The van der Waals surface area contributed by atoms with Gasteiger partial charge in [0.25, 0.3) is 0 Å². The number of hydrogen-bond acceptors (Lipinski definition) is 5. The molecule has 4 atom stereocenters. The van der Waals surface area contributed by atoms with Crippen molar-refractivity contribution in [2.24, 2.45) is 23.5 Å². The van der Waals surface area contributed by atoms with Crippen LogP contribution in [0.1, 0.15) is 13.8 Å². The Kier molecular flexibility index (Phi) is 3.68. The van der Waals surface area contributed by atoms with Crippen LogP contribution in [-0.4, -0.2) is 69.6 Å². The summed E-state index contributed by atoms with van der Waals surface area (Å²) in [4.78, 5) is 38.2. The summed E-state index contributed by atoms with van der Waals surface area (Å²) in [5, 5.41) is 19.3. The van der Waals surface area contributed by atoms with E-state index in [4.69, 9.17) is 5.73 Å². The first-order chi connectivity index (χ1) is 10.7. The Hall–Kier alpha value is -1.93. The smallest absolute Gasteiger partial charge is 0.352 e.